The van der Waals surface area contributed by atoms with Crippen LogP contribution in [0.15, 0.2) is 209 Å². The second kappa shape index (κ2) is 13.8. The first-order valence-electron chi connectivity index (χ1n) is 20.1. The molecule has 8 aromatic carbocycles. The zero-order valence-electron chi connectivity index (χ0n) is 32.2. The number of rotatable bonds is 6. The normalized spacial score (nSPS) is 11.7. The van der Waals surface area contributed by atoms with E-state index >= 15 is 0 Å². The Morgan fingerprint density at radius 2 is 0.867 bits per heavy atom. The summed E-state index contributed by atoms with van der Waals surface area (Å²) in [6.07, 6.45) is 0. The van der Waals surface area contributed by atoms with Crippen molar-refractivity contribution in [2.24, 2.45) is 0 Å². The highest BCUT2D eigenvalue weighted by Crippen LogP contribution is 2.42. The molecule has 5 heteroatoms. The van der Waals surface area contributed by atoms with Gasteiger partial charge in [-0.25, -0.2) is 15.0 Å². The number of hydrogen-bond donors (Lipinski definition) is 0. The molecule has 0 aliphatic rings. The van der Waals surface area contributed by atoms with E-state index in [0.29, 0.717) is 5.82 Å². The van der Waals surface area contributed by atoms with Gasteiger partial charge >= 0.3 is 0 Å². The Morgan fingerprint density at radius 3 is 1.60 bits per heavy atom. The van der Waals surface area contributed by atoms with Crippen LogP contribution in [-0.4, -0.2) is 15.0 Å². The minimum atomic E-state index is 0.687. The average Bonchev–Trinajstić information content (AvgIpc) is 3.91. The Bertz CT molecular complexity index is 3510. The lowest BCUT2D eigenvalue weighted by atomic mass is 9.95. The highest BCUT2D eigenvalue weighted by Gasteiger charge is 2.19. The maximum Gasteiger partial charge on any atom is 0.162 e. The first kappa shape index (κ1) is 33.9. The van der Waals surface area contributed by atoms with E-state index in [0.717, 1.165) is 116 Å². The number of aromatic nitrogens is 3. The lowest BCUT2D eigenvalue weighted by Gasteiger charge is -2.11. The van der Waals surface area contributed by atoms with E-state index in [4.69, 9.17) is 23.8 Å². The van der Waals surface area contributed by atoms with Crippen LogP contribution >= 0.6 is 0 Å². The van der Waals surface area contributed by atoms with Gasteiger partial charge < -0.3 is 8.83 Å². The monoisotopic (exact) mass is 767 g/mol. The van der Waals surface area contributed by atoms with Crippen LogP contribution in [-0.2, 0) is 0 Å². The van der Waals surface area contributed by atoms with E-state index in [1.54, 1.807) is 0 Å². The zero-order chi connectivity index (χ0) is 39.6. The van der Waals surface area contributed by atoms with Gasteiger partial charge in [0.2, 0.25) is 0 Å². The van der Waals surface area contributed by atoms with Gasteiger partial charge in [0, 0.05) is 49.2 Å². The molecule has 0 atom stereocenters. The van der Waals surface area contributed by atoms with Gasteiger partial charge in [0.15, 0.2) is 11.4 Å². The Hall–Kier alpha value is -8.15. The van der Waals surface area contributed by atoms with E-state index in [2.05, 4.69) is 121 Å². The van der Waals surface area contributed by atoms with Gasteiger partial charge in [0.05, 0.1) is 16.9 Å². The third-order valence-electron chi connectivity index (χ3n) is 11.5. The van der Waals surface area contributed by atoms with E-state index < -0.39 is 0 Å². The highest BCUT2D eigenvalue weighted by molar-refractivity contribution is 6.21. The van der Waals surface area contributed by atoms with Crippen molar-refractivity contribution in [3.8, 4) is 67.4 Å². The van der Waals surface area contributed by atoms with Crippen molar-refractivity contribution in [3.05, 3.63) is 200 Å². The van der Waals surface area contributed by atoms with Gasteiger partial charge in [-0.15, -0.1) is 0 Å². The molecule has 0 amide bonds. The molecule has 0 spiro atoms. The Morgan fingerprint density at radius 1 is 0.317 bits per heavy atom. The fourth-order valence-corrected chi connectivity index (χ4v) is 8.58. The molecule has 5 nitrogen and oxygen atoms in total. The molecule has 4 aromatic heterocycles. The molecular weight excluding hydrogens is 735 g/mol. The standard InChI is InChI=1S/C55H33N3O2/c1-3-12-36(13-4-1)46-33-47(58-55(57-46)39-14-5-2-6-15-39)37-26-28-38(29-27-37)53-54-52(43-17-8-10-20-49(43)60-54)44-32-40(30-31-45(44)56-53)34-22-24-35(25-23-34)41-18-11-21-50-51(41)42-16-7-9-19-48(42)59-50/h1-33H. The van der Waals surface area contributed by atoms with Crippen LogP contribution in [0.25, 0.3) is 122 Å². The van der Waals surface area contributed by atoms with Crippen molar-refractivity contribution in [2.75, 3.05) is 0 Å². The molecule has 0 saturated heterocycles. The van der Waals surface area contributed by atoms with Gasteiger partial charge in [0.25, 0.3) is 0 Å². The summed E-state index contributed by atoms with van der Waals surface area (Å²) in [5.74, 6) is 0.687. The van der Waals surface area contributed by atoms with Gasteiger partial charge in [-0.05, 0) is 58.7 Å². The average molecular weight is 768 g/mol. The first-order valence-corrected chi connectivity index (χ1v) is 20.1. The molecule has 4 heterocycles. The Kier molecular flexibility index (Phi) is 7.78. The van der Waals surface area contributed by atoms with Gasteiger partial charge in [-0.3, -0.25) is 0 Å². The van der Waals surface area contributed by atoms with Crippen LogP contribution in [0.3, 0.4) is 0 Å². The summed E-state index contributed by atoms with van der Waals surface area (Å²) in [4.78, 5) is 15.3. The molecule has 280 valence electrons. The van der Waals surface area contributed by atoms with Crippen LogP contribution in [0.4, 0.5) is 0 Å². The SMILES string of the molecule is c1ccc(-c2cc(-c3ccc(-c4nc5ccc(-c6ccc(-c7cccc8oc9ccccc9c78)cc6)cc5c5c4oc4ccccc45)cc3)nc(-c3ccccc3)n2)cc1. The molecule has 0 fully saturated rings. The highest BCUT2D eigenvalue weighted by atomic mass is 16.3. The molecule has 0 N–H and O–H groups in total. The molecule has 60 heavy (non-hydrogen) atoms. The zero-order valence-corrected chi connectivity index (χ0v) is 32.2. The minimum Gasteiger partial charge on any atom is -0.456 e. The summed E-state index contributed by atoms with van der Waals surface area (Å²) in [6, 6.07) is 69.1. The maximum absolute atomic E-state index is 6.67. The topological polar surface area (TPSA) is 65.0 Å². The Balaban J connectivity index is 0.942. The van der Waals surface area contributed by atoms with E-state index in [1.165, 1.54) is 0 Å². The van der Waals surface area contributed by atoms with Crippen LogP contribution in [0.2, 0.25) is 0 Å². The summed E-state index contributed by atoms with van der Waals surface area (Å²) >= 11 is 0. The van der Waals surface area contributed by atoms with E-state index in [9.17, 15) is 0 Å². The number of para-hydroxylation sites is 2. The lowest BCUT2D eigenvalue weighted by Crippen LogP contribution is -1.96. The fraction of sp³-hybridized carbons (Fsp3) is 0. The largest absolute Gasteiger partial charge is 0.456 e. The lowest BCUT2D eigenvalue weighted by molar-refractivity contribution is 0.668. The summed E-state index contributed by atoms with van der Waals surface area (Å²) in [6.45, 7) is 0. The van der Waals surface area contributed by atoms with Crippen LogP contribution < -0.4 is 0 Å². The van der Waals surface area contributed by atoms with Crippen LogP contribution in [0.1, 0.15) is 0 Å². The third-order valence-corrected chi connectivity index (χ3v) is 11.5. The van der Waals surface area contributed by atoms with Crippen molar-refractivity contribution < 1.29 is 8.83 Å². The molecular formula is C55H33N3O2. The van der Waals surface area contributed by atoms with Crippen molar-refractivity contribution in [2.45, 2.75) is 0 Å². The van der Waals surface area contributed by atoms with Crippen molar-refractivity contribution in [1.29, 1.82) is 0 Å². The smallest absolute Gasteiger partial charge is 0.162 e. The second-order valence-electron chi connectivity index (χ2n) is 15.1. The number of nitrogens with zero attached hydrogens (tertiary/aromatic N) is 3. The Labute approximate surface area is 344 Å². The quantitative estimate of drug-likeness (QED) is 0.169. The molecule has 12 rings (SSSR count). The van der Waals surface area contributed by atoms with Crippen molar-refractivity contribution >= 4 is 54.8 Å². The van der Waals surface area contributed by atoms with Gasteiger partial charge in [0.1, 0.15) is 22.4 Å². The number of pyridine rings is 1. The van der Waals surface area contributed by atoms with Crippen molar-refractivity contribution in [3.63, 3.8) is 0 Å². The van der Waals surface area contributed by atoms with Gasteiger partial charge in [-0.2, -0.15) is 0 Å². The summed E-state index contributed by atoms with van der Waals surface area (Å²) in [5, 5.41) is 5.44. The van der Waals surface area contributed by atoms with Crippen LogP contribution in [0.5, 0.6) is 0 Å². The second-order valence-corrected chi connectivity index (χ2v) is 15.1. The van der Waals surface area contributed by atoms with Gasteiger partial charge in [-0.1, -0.05) is 164 Å². The maximum atomic E-state index is 6.67. The number of benzene rings is 8. The fourth-order valence-electron chi connectivity index (χ4n) is 8.58. The van der Waals surface area contributed by atoms with E-state index in [-0.39, 0.29) is 0 Å². The summed E-state index contributed by atoms with van der Waals surface area (Å²) < 4.78 is 12.9. The minimum absolute atomic E-state index is 0.687. The third kappa shape index (κ3) is 5.67. The molecule has 0 aliphatic heterocycles. The molecule has 0 radical (unpaired) electrons. The molecule has 0 bridgehead atoms. The predicted molar refractivity (Wildman–Crippen MR) is 245 cm³/mol. The number of hydrogen-bond acceptors (Lipinski definition) is 5. The molecule has 12 aromatic rings. The predicted octanol–water partition coefficient (Wildman–Crippen LogP) is 14.8. The summed E-state index contributed by atoms with van der Waals surface area (Å²) in [7, 11) is 0. The number of furan rings is 2. The summed E-state index contributed by atoms with van der Waals surface area (Å²) in [5.41, 5.74) is 15.3. The molecule has 0 aliphatic carbocycles. The number of fused-ring (bicyclic) bond motifs is 8. The first-order chi connectivity index (χ1) is 29.7. The molecule has 0 saturated carbocycles. The van der Waals surface area contributed by atoms with Crippen molar-refractivity contribution in [1.82, 2.24) is 15.0 Å². The molecule has 0 unspecified atom stereocenters. The van der Waals surface area contributed by atoms with E-state index in [1.807, 2.05) is 78.9 Å². The van der Waals surface area contributed by atoms with Crippen LogP contribution in [0, 0.1) is 0 Å².